The number of hydrogen-bond acceptors (Lipinski definition) is 4. The molecule has 4 heteroatoms. The van der Waals surface area contributed by atoms with E-state index in [-0.39, 0.29) is 0 Å². The quantitative estimate of drug-likeness (QED) is 0.201. The number of hydrogen-bond donors (Lipinski definition) is 1. The van der Waals surface area contributed by atoms with Crippen LogP contribution in [0.15, 0.2) is 152 Å². The zero-order valence-corrected chi connectivity index (χ0v) is 26.2. The maximum Gasteiger partial charge on any atom is 0.141 e. The van der Waals surface area contributed by atoms with Gasteiger partial charge in [0.05, 0.1) is 27.8 Å². The van der Waals surface area contributed by atoms with Gasteiger partial charge in [0.15, 0.2) is 0 Å². The number of nitrogens with zero attached hydrogens (tertiary/aromatic N) is 2. The molecule has 2 aliphatic rings. The fourth-order valence-electron chi connectivity index (χ4n) is 7.97. The fourth-order valence-corrected chi connectivity index (χ4v) is 7.97. The van der Waals surface area contributed by atoms with Crippen LogP contribution in [0.4, 0.5) is 5.69 Å². The molecule has 226 valence electrons. The topological polar surface area (TPSA) is 47.0 Å². The number of benzene rings is 6. The van der Waals surface area contributed by atoms with E-state index in [9.17, 15) is 0 Å². The summed E-state index contributed by atoms with van der Waals surface area (Å²) in [5.74, 6) is 1.71. The first-order valence-corrected chi connectivity index (χ1v) is 16.3. The van der Waals surface area contributed by atoms with Crippen molar-refractivity contribution in [3.63, 3.8) is 0 Å². The third-order valence-corrected chi connectivity index (χ3v) is 10.1. The molecule has 3 heterocycles. The van der Waals surface area contributed by atoms with Crippen molar-refractivity contribution in [2.45, 2.75) is 5.41 Å². The van der Waals surface area contributed by atoms with E-state index < -0.39 is 5.41 Å². The van der Waals surface area contributed by atoms with Gasteiger partial charge in [-0.3, -0.25) is 0 Å². The fraction of sp³-hybridized carbons (Fsp3) is 0.0455. The second-order valence-electron chi connectivity index (χ2n) is 12.6. The molecule has 0 bridgehead atoms. The summed E-state index contributed by atoms with van der Waals surface area (Å²) in [5.41, 5.74) is 13.5. The van der Waals surface area contributed by atoms with Crippen LogP contribution in [0.3, 0.4) is 0 Å². The van der Waals surface area contributed by atoms with Gasteiger partial charge in [-0.05, 0) is 58.7 Å². The van der Waals surface area contributed by atoms with Crippen LogP contribution in [-0.2, 0) is 5.41 Å². The Kier molecular flexibility index (Phi) is 5.67. The highest BCUT2D eigenvalue weighted by Crippen LogP contribution is 2.63. The summed E-state index contributed by atoms with van der Waals surface area (Å²) in [6.45, 7) is 0. The van der Waals surface area contributed by atoms with Crippen LogP contribution in [0.1, 0.15) is 22.3 Å². The van der Waals surface area contributed by atoms with Gasteiger partial charge >= 0.3 is 0 Å². The lowest BCUT2D eigenvalue weighted by atomic mass is 9.65. The molecule has 0 atom stereocenters. The lowest BCUT2D eigenvalue weighted by molar-refractivity contribution is 0.438. The number of ether oxygens (including phenoxy) is 1. The van der Waals surface area contributed by atoms with E-state index in [1.807, 2.05) is 7.05 Å². The Balaban J connectivity index is 1.21. The molecule has 1 aliphatic carbocycles. The Morgan fingerprint density at radius 1 is 0.479 bits per heavy atom. The van der Waals surface area contributed by atoms with Crippen LogP contribution >= 0.6 is 0 Å². The molecule has 6 aromatic carbocycles. The van der Waals surface area contributed by atoms with Crippen molar-refractivity contribution in [3.05, 3.63) is 174 Å². The summed E-state index contributed by atoms with van der Waals surface area (Å²) >= 11 is 0. The third-order valence-electron chi connectivity index (χ3n) is 10.1. The van der Waals surface area contributed by atoms with E-state index in [0.717, 1.165) is 72.6 Å². The minimum absolute atomic E-state index is 0.518. The molecular weight excluding hydrogens is 587 g/mol. The largest absolute Gasteiger partial charge is 0.456 e. The highest BCUT2D eigenvalue weighted by molar-refractivity contribution is 6.04. The van der Waals surface area contributed by atoms with Crippen molar-refractivity contribution in [3.8, 4) is 45.1 Å². The molecule has 0 unspecified atom stereocenters. The average molecular weight is 616 g/mol. The van der Waals surface area contributed by atoms with Gasteiger partial charge in [0, 0.05) is 45.8 Å². The standard InChI is InChI=1S/C44H29N3O/c1-45-30-23-19-27(20-24-30)38-25-21-28-17-18-29-22-26-39(47-42(29)41(28)46-38)33-11-8-15-37-43(33)48-40-16-7-6-14-36(40)44(37)34-12-4-2-9-31(34)32-10-3-5-13-35(32)44/h2-26,45H,1H3. The summed E-state index contributed by atoms with van der Waals surface area (Å²) in [4.78, 5) is 10.5. The van der Waals surface area contributed by atoms with E-state index in [1.54, 1.807) is 0 Å². The van der Waals surface area contributed by atoms with Gasteiger partial charge in [0.2, 0.25) is 0 Å². The van der Waals surface area contributed by atoms with Crippen molar-refractivity contribution >= 4 is 27.5 Å². The second-order valence-corrected chi connectivity index (χ2v) is 12.6. The van der Waals surface area contributed by atoms with E-state index >= 15 is 0 Å². The zero-order valence-electron chi connectivity index (χ0n) is 26.2. The van der Waals surface area contributed by atoms with Gasteiger partial charge in [-0.15, -0.1) is 0 Å². The smallest absolute Gasteiger partial charge is 0.141 e. The van der Waals surface area contributed by atoms with E-state index in [2.05, 4.69) is 157 Å². The molecule has 4 nitrogen and oxygen atoms in total. The Labute approximate surface area is 278 Å². The first-order valence-electron chi connectivity index (χ1n) is 16.3. The van der Waals surface area contributed by atoms with E-state index in [1.165, 1.54) is 22.3 Å². The zero-order chi connectivity index (χ0) is 31.8. The normalized spacial score (nSPS) is 13.4. The van der Waals surface area contributed by atoms with Crippen molar-refractivity contribution in [1.82, 2.24) is 9.97 Å². The van der Waals surface area contributed by atoms with Crippen molar-refractivity contribution in [2.24, 2.45) is 0 Å². The first kappa shape index (κ1) is 26.9. The molecule has 0 fully saturated rings. The molecule has 1 aliphatic heterocycles. The first-order chi connectivity index (χ1) is 23.7. The molecule has 2 aromatic heterocycles. The number of anilines is 1. The van der Waals surface area contributed by atoms with Crippen LogP contribution in [0.25, 0.3) is 55.4 Å². The van der Waals surface area contributed by atoms with Crippen LogP contribution in [0.2, 0.25) is 0 Å². The second kappa shape index (κ2) is 10.1. The number of nitrogens with one attached hydrogen (secondary N) is 1. The predicted octanol–water partition coefficient (Wildman–Crippen LogP) is 10.6. The molecular formula is C44H29N3O. The van der Waals surface area contributed by atoms with Gasteiger partial charge in [-0.1, -0.05) is 115 Å². The molecule has 0 saturated carbocycles. The van der Waals surface area contributed by atoms with Gasteiger partial charge in [-0.25, -0.2) is 9.97 Å². The van der Waals surface area contributed by atoms with Crippen LogP contribution in [-0.4, -0.2) is 17.0 Å². The Morgan fingerprint density at radius 2 is 1.02 bits per heavy atom. The molecule has 8 aromatic rings. The SMILES string of the molecule is CNc1ccc(-c2ccc3ccc4ccc(-c5cccc6c5Oc5ccccc5C65c6ccccc6-c6ccccc65)nc4c3n2)cc1. The molecule has 10 rings (SSSR count). The number of pyridine rings is 2. The molecule has 0 radical (unpaired) electrons. The van der Waals surface area contributed by atoms with E-state index in [0.29, 0.717) is 0 Å². The maximum absolute atomic E-state index is 6.91. The summed E-state index contributed by atoms with van der Waals surface area (Å²) in [5, 5.41) is 5.30. The number of para-hydroxylation sites is 2. The molecule has 48 heavy (non-hydrogen) atoms. The lowest BCUT2D eigenvalue weighted by Gasteiger charge is -2.40. The minimum Gasteiger partial charge on any atom is -0.456 e. The van der Waals surface area contributed by atoms with Gasteiger partial charge < -0.3 is 10.1 Å². The summed E-state index contributed by atoms with van der Waals surface area (Å²) in [6.07, 6.45) is 0. The van der Waals surface area contributed by atoms with Gasteiger partial charge in [0.1, 0.15) is 11.5 Å². The predicted molar refractivity (Wildman–Crippen MR) is 195 cm³/mol. The monoisotopic (exact) mass is 615 g/mol. The number of rotatable bonds is 3. The molecule has 1 spiro atoms. The van der Waals surface area contributed by atoms with Gasteiger partial charge in [-0.2, -0.15) is 0 Å². The lowest BCUT2D eigenvalue weighted by Crippen LogP contribution is -2.32. The molecule has 1 N–H and O–H groups in total. The number of fused-ring (bicyclic) bond motifs is 12. The third kappa shape index (κ3) is 3.66. The van der Waals surface area contributed by atoms with Crippen LogP contribution < -0.4 is 10.1 Å². The van der Waals surface area contributed by atoms with Crippen LogP contribution in [0, 0.1) is 0 Å². The Bertz CT molecular complexity index is 2540. The summed E-state index contributed by atoms with van der Waals surface area (Å²) in [7, 11) is 1.93. The van der Waals surface area contributed by atoms with E-state index in [4.69, 9.17) is 14.7 Å². The maximum atomic E-state index is 6.91. The van der Waals surface area contributed by atoms with Crippen molar-refractivity contribution in [2.75, 3.05) is 12.4 Å². The highest BCUT2D eigenvalue weighted by atomic mass is 16.5. The average Bonchev–Trinajstić information content (AvgIpc) is 3.45. The van der Waals surface area contributed by atoms with Gasteiger partial charge in [0.25, 0.3) is 0 Å². The minimum atomic E-state index is -0.518. The Hall–Kier alpha value is -6.26. The number of aromatic nitrogens is 2. The Morgan fingerprint density at radius 3 is 1.71 bits per heavy atom. The van der Waals surface area contributed by atoms with Crippen molar-refractivity contribution < 1.29 is 4.74 Å². The molecule has 0 saturated heterocycles. The van der Waals surface area contributed by atoms with Crippen LogP contribution in [0.5, 0.6) is 11.5 Å². The highest BCUT2D eigenvalue weighted by Gasteiger charge is 2.51. The molecule has 0 amide bonds. The summed E-state index contributed by atoms with van der Waals surface area (Å²) < 4.78 is 6.91. The summed E-state index contributed by atoms with van der Waals surface area (Å²) in [6, 6.07) is 53.7. The van der Waals surface area contributed by atoms with Crippen molar-refractivity contribution in [1.29, 1.82) is 0 Å².